The number of aromatic nitrogens is 2. The van der Waals surface area contributed by atoms with Gasteiger partial charge in [-0.2, -0.15) is 16.9 Å². The van der Waals surface area contributed by atoms with Crippen molar-refractivity contribution in [2.75, 3.05) is 5.32 Å². The molecular formula is C17H15N3OS2. The molecule has 3 aromatic rings. The average Bonchev–Trinajstić information content (AvgIpc) is 3.27. The molecule has 2 aromatic heterocycles. The molecule has 0 unspecified atom stereocenters. The van der Waals surface area contributed by atoms with Gasteiger partial charge >= 0.3 is 0 Å². The summed E-state index contributed by atoms with van der Waals surface area (Å²) in [6, 6.07) is 13.9. The Balaban J connectivity index is 1.65. The second-order valence-corrected chi connectivity index (χ2v) is 7.34. The highest BCUT2D eigenvalue weighted by Crippen LogP contribution is 2.36. The minimum absolute atomic E-state index is 0.00392. The summed E-state index contributed by atoms with van der Waals surface area (Å²) in [6.07, 6.45) is 0.402. The van der Waals surface area contributed by atoms with Gasteiger partial charge in [-0.3, -0.25) is 4.79 Å². The van der Waals surface area contributed by atoms with Gasteiger partial charge in [-0.15, -0.1) is 11.3 Å². The maximum Gasteiger partial charge on any atom is 0.230 e. The highest BCUT2D eigenvalue weighted by molar-refractivity contribution is 7.98. The number of benzene rings is 1. The zero-order valence-corrected chi connectivity index (χ0v) is 14.0. The highest BCUT2D eigenvalue weighted by atomic mass is 32.2. The molecule has 1 aliphatic heterocycles. The van der Waals surface area contributed by atoms with Crippen molar-refractivity contribution in [3.63, 3.8) is 0 Å². The molecule has 1 aromatic carbocycles. The standard InChI is InChI=1S/C17H15N3OS2/c21-16(9-13-7-4-8-23-13)18-17-14-10-22-11-15(14)19-20(17)12-5-2-1-3-6-12/h1-8H,9-11H2,(H,18,21). The lowest BCUT2D eigenvalue weighted by atomic mass is 10.2. The lowest BCUT2D eigenvalue weighted by Gasteiger charge is -2.10. The number of carbonyl (C=O) groups excluding carboxylic acids is 1. The number of anilines is 1. The molecule has 0 fully saturated rings. The molecule has 4 rings (SSSR count). The molecule has 0 aliphatic carbocycles. The summed E-state index contributed by atoms with van der Waals surface area (Å²) < 4.78 is 1.86. The minimum atomic E-state index is 0.00392. The Bertz CT molecular complexity index is 825. The van der Waals surface area contributed by atoms with E-state index >= 15 is 0 Å². The molecule has 0 spiro atoms. The topological polar surface area (TPSA) is 46.9 Å². The summed E-state index contributed by atoms with van der Waals surface area (Å²) in [4.78, 5) is 13.5. The number of nitrogens with zero attached hydrogens (tertiary/aromatic N) is 2. The average molecular weight is 341 g/mol. The van der Waals surface area contributed by atoms with Gasteiger partial charge in [0.15, 0.2) is 0 Å². The van der Waals surface area contributed by atoms with Gasteiger partial charge < -0.3 is 5.32 Å². The van der Waals surface area contributed by atoms with Gasteiger partial charge in [-0.1, -0.05) is 24.3 Å². The lowest BCUT2D eigenvalue weighted by Crippen LogP contribution is -2.17. The first-order valence-electron chi connectivity index (χ1n) is 7.37. The summed E-state index contributed by atoms with van der Waals surface area (Å²) in [5.41, 5.74) is 3.20. The Kier molecular flexibility index (Phi) is 3.93. The SMILES string of the molecule is O=C(Cc1cccs1)Nc1c2c(nn1-c1ccccc1)CSC2. The van der Waals surface area contributed by atoms with Crippen molar-refractivity contribution in [2.45, 2.75) is 17.9 Å². The Morgan fingerprint density at radius 1 is 1.17 bits per heavy atom. The molecule has 116 valence electrons. The van der Waals surface area contributed by atoms with Crippen LogP contribution in [0.1, 0.15) is 16.1 Å². The number of thiophene rings is 1. The van der Waals surface area contributed by atoms with Crippen LogP contribution in [-0.2, 0) is 22.7 Å². The van der Waals surface area contributed by atoms with Crippen LogP contribution in [0.4, 0.5) is 5.82 Å². The summed E-state index contributed by atoms with van der Waals surface area (Å²) in [5.74, 6) is 2.63. The van der Waals surface area contributed by atoms with Crippen LogP contribution in [0.3, 0.4) is 0 Å². The van der Waals surface area contributed by atoms with Crippen molar-refractivity contribution in [1.29, 1.82) is 0 Å². The van der Waals surface area contributed by atoms with E-state index in [1.165, 1.54) is 0 Å². The maximum atomic E-state index is 12.4. The molecule has 1 aliphatic rings. The molecule has 4 nitrogen and oxygen atoms in total. The lowest BCUT2D eigenvalue weighted by molar-refractivity contribution is -0.115. The third-order valence-corrected chi connectivity index (χ3v) is 5.57. The van der Waals surface area contributed by atoms with Crippen LogP contribution in [0.5, 0.6) is 0 Å². The van der Waals surface area contributed by atoms with Gasteiger partial charge in [-0.25, -0.2) is 4.68 Å². The number of rotatable bonds is 4. The first-order valence-corrected chi connectivity index (χ1v) is 9.41. The van der Waals surface area contributed by atoms with Gasteiger partial charge in [0.2, 0.25) is 5.91 Å². The van der Waals surface area contributed by atoms with E-state index in [0.717, 1.165) is 39.1 Å². The van der Waals surface area contributed by atoms with Crippen molar-refractivity contribution in [3.05, 3.63) is 64.0 Å². The largest absolute Gasteiger partial charge is 0.310 e. The van der Waals surface area contributed by atoms with Gasteiger partial charge in [0, 0.05) is 21.9 Å². The van der Waals surface area contributed by atoms with E-state index in [1.54, 1.807) is 11.3 Å². The molecule has 1 N–H and O–H groups in total. The van der Waals surface area contributed by atoms with Crippen molar-refractivity contribution in [3.8, 4) is 5.69 Å². The molecule has 0 saturated carbocycles. The van der Waals surface area contributed by atoms with Crippen LogP contribution >= 0.6 is 23.1 Å². The number of carbonyl (C=O) groups is 1. The first-order chi connectivity index (χ1) is 11.3. The Labute approximate surface area is 142 Å². The fourth-order valence-electron chi connectivity index (χ4n) is 2.65. The predicted octanol–water partition coefficient (Wildman–Crippen LogP) is 3.86. The van der Waals surface area contributed by atoms with E-state index in [2.05, 4.69) is 5.32 Å². The van der Waals surface area contributed by atoms with Gasteiger partial charge in [-0.05, 0) is 23.6 Å². The fourth-order valence-corrected chi connectivity index (χ4v) is 4.38. The molecule has 0 saturated heterocycles. The molecule has 0 radical (unpaired) electrons. The van der Waals surface area contributed by atoms with Crippen LogP contribution in [0.15, 0.2) is 47.8 Å². The first kappa shape index (κ1) is 14.5. The number of para-hydroxylation sites is 1. The molecular weight excluding hydrogens is 326 g/mol. The minimum Gasteiger partial charge on any atom is -0.310 e. The monoisotopic (exact) mass is 341 g/mol. The number of thioether (sulfide) groups is 1. The van der Waals surface area contributed by atoms with E-state index in [1.807, 2.05) is 64.3 Å². The van der Waals surface area contributed by atoms with Crippen LogP contribution in [0, 0.1) is 0 Å². The molecule has 23 heavy (non-hydrogen) atoms. The van der Waals surface area contributed by atoms with Gasteiger partial charge in [0.05, 0.1) is 17.8 Å². The van der Waals surface area contributed by atoms with Gasteiger partial charge in [0.1, 0.15) is 5.82 Å². The van der Waals surface area contributed by atoms with Crippen LogP contribution in [-0.4, -0.2) is 15.7 Å². The van der Waals surface area contributed by atoms with E-state index in [4.69, 9.17) is 5.10 Å². The third-order valence-electron chi connectivity index (χ3n) is 3.73. The number of fused-ring (bicyclic) bond motifs is 1. The summed E-state index contributed by atoms with van der Waals surface area (Å²) in [5, 5.41) is 9.77. The molecule has 1 amide bonds. The number of nitrogens with one attached hydrogen (secondary N) is 1. The van der Waals surface area contributed by atoms with Crippen molar-refractivity contribution in [2.24, 2.45) is 0 Å². The van der Waals surface area contributed by atoms with Crippen molar-refractivity contribution >= 4 is 34.8 Å². The number of amides is 1. The summed E-state index contributed by atoms with van der Waals surface area (Å²) in [7, 11) is 0. The van der Waals surface area contributed by atoms with Crippen LogP contribution < -0.4 is 5.32 Å². The maximum absolute atomic E-state index is 12.4. The van der Waals surface area contributed by atoms with E-state index in [0.29, 0.717) is 6.42 Å². The second kappa shape index (κ2) is 6.22. The predicted molar refractivity (Wildman–Crippen MR) is 95.2 cm³/mol. The summed E-state index contributed by atoms with van der Waals surface area (Å²) in [6.45, 7) is 0. The van der Waals surface area contributed by atoms with E-state index in [-0.39, 0.29) is 5.91 Å². The Hall–Kier alpha value is -2.05. The third kappa shape index (κ3) is 2.92. The van der Waals surface area contributed by atoms with E-state index in [9.17, 15) is 4.79 Å². The fraction of sp³-hybridized carbons (Fsp3) is 0.176. The molecule has 0 bridgehead atoms. The van der Waals surface area contributed by atoms with E-state index < -0.39 is 0 Å². The Morgan fingerprint density at radius 3 is 2.83 bits per heavy atom. The normalized spacial score (nSPS) is 13.0. The smallest absolute Gasteiger partial charge is 0.230 e. The quantitative estimate of drug-likeness (QED) is 0.784. The number of hydrogen-bond donors (Lipinski definition) is 1. The van der Waals surface area contributed by atoms with Crippen molar-refractivity contribution in [1.82, 2.24) is 9.78 Å². The molecule has 3 heterocycles. The zero-order valence-electron chi connectivity index (χ0n) is 12.4. The molecule has 0 atom stereocenters. The zero-order chi connectivity index (χ0) is 15.6. The molecule has 6 heteroatoms. The van der Waals surface area contributed by atoms with Gasteiger partial charge in [0.25, 0.3) is 0 Å². The summed E-state index contributed by atoms with van der Waals surface area (Å²) >= 11 is 3.44. The highest BCUT2D eigenvalue weighted by Gasteiger charge is 2.24. The Morgan fingerprint density at radius 2 is 2.04 bits per heavy atom. The number of hydrogen-bond acceptors (Lipinski definition) is 4. The van der Waals surface area contributed by atoms with Crippen LogP contribution in [0.2, 0.25) is 0 Å². The van der Waals surface area contributed by atoms with Crippen LogP contribution in [0.25, 0.3) is 5.69 Å². The van der Waals surface area contributed by atoms with Crippen molar-refractivity contribution < 1.29 is 4.79 Å². The second-order valence-electron chi connectivity index (χ2n) is 5.32.